The van der Waals surface area contributed by atoms with Crippen molar-refractivity contribution >= 4 is 38.5 Å². The number of aromatic amines is 1. The summed E-state index contributed by atoms with van der Waals surface area (Å²) >= 11 is 4.75. The Balaban J connectivity index is 2.22. The SMILES string of the molecule is Brc1ccc2nc(-c3cnns3)[nH]c2c1. The monoisotopic (exact) mass is 280 g/mol. The number of hydrogen-bond donors (Lipinski definition) is 1. The zero-order chi connectivity index (χ0) is 10.3. The fourth-order valence-corrected chi connectivity index (χ4v) is 2.19. The van der Waals surface area contributed by atoms with Crippen LogP contribution in [0.5, 0.6) is 0 Å². The van der Waals surface area contributed by atoms with E-state index in [-0.39, 0.29) is 0 Å². The molecule has 1 aromatic carbocycles. The number of halogens is 1. The lowest BCUT2D eigenvalue weighted by Crippen LogP contribution is -1.72. The fourth-order valence-electron chi connectivity index (χ4n) is 1.37. The standard InChI is InChI=1S/C9H5BrN4S/c10-5-1-2-6-7(3-5)13-9(12-6)8-4-11-14-15-8/h1-4H,(H,12,13). The predicted octanol–water partition coefficient (Wildman–Crippen LogP) is 2.84. The van der Waals surface area contributed by atoms with Crippen LogP contribution in [0.2, 0.25) is 0 Å². The highest BCUT2D eigenvalue weighted by molar-refractivity contribution is 9.10. The second-order valence-corrected chi connectivity index (χ2v) is 4.73. The molecule has 3 rings (SSSR count). The largest absolute Gasteiger partial charge is 0.337 e. The third-order valence-corrected chi connectivity index (χ3v) is 3.20. The maximum Gasteiger partial charge on any atom is 0.151 e. The summed E-state index contributed by atoms with van der Waals surface area (Å²) in [7, 11) is 0. The van der Waals surface area contributed by atoms with Crippen LogP contribution in [0, 0.1) is 0 Å². The first kappa shape index (κ1) is 8.99. The van der Waals surface area contributed by atoms with E-state index in [9.17, 15) is 0 Å². The Hall–Kier alpha value is -1.27. The summed E-state index contributed by atoms with van der Waals surface area (Å²) in [6.07, 6.45) is 1.71. The van der Waals surface area contributed by atoms with Crippen LogP contribution >= 0.6 is 27.5 Å². The van der Waals surface area contributed by atoms with Gasteiger partial charge in [-0.3, -0.25) is 0 Å². The van der Waals surface area contributed by atoms with Crippen molar-refractivity contribution in [2.45, 2.75) is 0 Å². The van der Waals surface area contributed by atoms with Crippen molar-refractivity contribution in [3.63, 3.8) is 0 Å². The summed E-state index contributed by atoms with van der Waals surface area (Å²) in [5, 5.41) is 3.79. The quantitative estimate of drug-likeness (QED) is 0.746. The van der Waals surface area contributed by atoms with Gasteiger partial charge in [-0.1, -0.05) is 20.4 Å². The van der Waals surface area contributed by atoms with E-state index < -0.39 is 0 Å². The molecule has 0 spiro atoms. The first-order chi connectivity index (χ1) is 7.33. The molecule has 0 bridgehead atoms. The molecule has 0 unspecified atom stereocenters. The van der Waals surface area contributed by atoms with Crippen LogP contribution in [0.25, 0.3) is 21.7 Å². The molecule has 0 saturated heterocycles. The van der Waals surface area contributed by atoms with Crippen LogP contribution in [0.3, 0.4) is 0 Å². The Labute approximate surface area is 97.7 Å². The van der Waals surface area contributed by atoms with E-state index in [4.69, 9.17) is 0 Å². The van der Waals surface area contributed by atoms with Crippen LogP contribution in [-0.2, 0) is 0 Å². The van der Waals surface area contributed by atoms with Gasteiger partial charge in [-0.2, -0.15) is 0 Å². The normalized spacial score (nSPS) is 11.0. The van der Waals surface area contributed by atoms with Crippen LogP contribution in [0.4, 0.5) is 0 Å². The van der Waals surface area contributed by atoms with E-state index in [0.717, 1.165) is 26.2 Å². The van der Waals surface area contributed by atoms with Crippen LogP contribution < -0.4 is 0 Å². The van der Waals surface area contributed by atoms with Gasteiger partial charge in [0.05, 0.1) is 17.2 Å². The number of nitrogens with one attached hydrogen (secondary N) is 1. The van der Waals surface area contributed by atoms with E-state index in [0.29, 0.717) is 0 Å². The van der Waals surface area contributed by atoms with Gasteiger partial charge in [0.25, 0.3) is 0 Å². The highest BCUT2D eigenvalue weighted by Gasteiger charge is 2.07. The third kappa shape index (κ3) is 1.55. The number of fused-ring (bicyclic) bond motifs is 1. The first-order valence-electron chi connectivity index (χ1n) is 4.26. The second-order valence-electron chi connectivity index (χ2n) is 3.03. The predicted molar refractivity (Wildman–Crippen MR) is 62.7 cm³/mol. The summed E-state index contributed by atoms with van der Waals surface area (Å²) < 4.78 is 4.84. The molecule has 15 heavy (non-hydrogen) atoms. The lowest BCUT2D eigenvalue weighted by atomic mass is 10.3. The Morgan fingerprint density at radius 2 is 2.27 bits per heavy atom. The minimum atomic E-state index is 0.818. The van der Waals surface area contributed by atoms with E-state index in [2.05, 4.69) is 35.5 Å². The smallest absolute Gasteiger partial charge is 0.151 e. The summed E-state index contributed by atoms with van der Waals surface area (Å²) in [4.78, 5) is 8.63. The molecule has 0 saturated carbocycles. The maximum atomic E-state index is 4.45. The lowest BCUT2D eigenvalue weighted by molar-refractivity contribution is 1.15. The average Bonchev–Trinajstić information content (AvgIpc) is 2.84. The Morgan fingerprint density at radius 1 is 1.33 bits per heavy atom. The van der Waals surface area contributed by atoms with Crippen molar-refractivity contribution in [2.24, 2.45) is 0 Å². The zero-order valence-electron chi connectivity index (χ0n) is 7.44. The Morgan fingerprint density at radius 3 is 3.07 bits per heavy atom. The van der Waals surface area contributed by atoms with E-state index in [1.807, 2.05) is 18.2 Å². The van der Waals surface area contributed by atoms with Gasteiger partial charge in [0.2, 0.25) is 0 Å². The molecule has 0 amide bonds. The van der Waals surface area contributed by atoms with E-state index in [1.54, 1.807) is 6.20 Å². The molecule has 0 aliphatic carbocycles. The molecule has 74 valence electrons. The van der Waals surface area contributed by atoms with Crippen molar-refractivity contribution in [1.82, 2.24) is 19.6 Å². The molecule has 2 aromatic heterocycles. The number of nitrogens with zero attached hydrogens (tertiary/aromatic N) is 3. The number of H-pyrrole nitrogens is 1. The number of hydrogen-bond acceptors (Lipinski definition) is 4. The van der Waals surface area contributed by atoms with Crippen molar-refractivity contribution in [3.8, 4) is 10.7 Å². The number of benzene rings is 1. The van der Waals surface area contributed by atoms with Crippen molar-refractivity contribution in [1.29, 1.82) is 0 Å². The highest BCUT2D eigenvalue weighted by atomic mass is 79.9. The summed E-state index contributed by atoms with van der Waals surface area (Å²) in [5.74, 6) is 0.818. The maximum absolute atomic E-state index is 4.45. The third-order valence-electron chi connectivity index (χ3n) is 2.04. The number of rotatable bonds is 1. The molecular weight excluding hydrogens is 276 g/mol. The summed E-state index contributed by atoms with van der Waals surface area (Å²) in [6, 6.07) is 5.94. The lowest BCUT2D eigenvalue weighted by Gasteiger charge is -1.87. The second kappa shape index (κ2) is 3.39. The van der Waals surface area contributed by atoms with Gasteiger partial charge in [-0.15, -0.1) is 5.10 Å². The van der Waals surface area contributed by atoms with Crippen molar-refractivity contribution in [3.05, 3.63) is 28.9 Å². The molecule has 1 N–H and O–H groups in total. The average molecular weight is 281 g/mol. The van der Waals surface area contributed by atoms with Gasteiger partial charge in [-0.05, 0) is 29.7 Å². The highest BCUT2D eigenvalue weighted by Crippen LogP contribution is 2.23. The minimum absolute atomic E-state index is 0.818. The molecule has 0 aliphatic rings. The van der Waals surface area contributed by atoms with Gasteiger partial charge < -0.3 is 4.98 Å². The molecule has 0 atom stereocenters. The van der Waals surface area contributed by atoms with Gasteiger partial charge in [-0.25, -0.2) is 4.98 Å². The Kier molecular flexibility index (Phi) is 2.03. The van der Waals surface area contributed by atoms with Crippen molar-refractivity contribution < 1.29 is 0 Å². The van der Waals surface area contributed by atoms with Gasteiger partial charge in [0.1, 0.15) is 4.88 Å². The van der Waals surface area contributed by atoms with Gasteiger partial charge in [0, 0.05) is 4.47 Å². The first-order valence-corrected chi connectivity index (χ1v) is 5.82. The molecular formula is C9H5BrN4S. The minimum Gasteiger partial charge on any atom is -0.337 e. The van der Waals surface area contributed by atoms with Gasteiger partial charge >= 0.3 is 0 Å². The molecule has 0 aliphatic heterocycles. The number of imidazole rings is 1. The summed E-state index contributed by atoms with van der Waals surface area (Å²) in [6.45, 7) is 0. The van der Waals surface area contributed by atoms with E-state index in [1.165, 1.54) is 11.5 Å². The molecule has 0 radical (unpaired) electrons. The van der Waals surface area contributed by atoms with Crippen LogP contribution in [0.15, 0.2) is 28.9 Å². The van der Waals surface area contributed by atoms with Crippen molar-refractivity contribution in [2.75, 3.05) is 0 Å². The molecule has 0 fully saturated rings. The number of aromatic nitrogens is 4. The molecule has 3 aromatic rings. The van der Waals surface area contributed by atoms with Crippen LogP contribution in [-0.4, -0.2) is 19.6 Å². The fraction of sp³-hybridized carbons (Fsp3) is 0. The molecule has 2 heterocycles. The Bertz CT molecular complexity index is 602. The van der Waals surface area contributed by atoms with Crippen LogP contribution in [0.1, 0.15) is 0 Å². The molecule has 4 nitrogen and oxygen atoms in total. The summed E-state index contributed by atoms with van der Waals surface area (Å²) in [5.41, 5.74) is 1.95. The van der Waals surface area contributed by atoms with E-state index >= 15 is 0 Å². The zero-order valence-corrected chi connectivity index (χ0v) is 9.84. The topological polar surface area (TPSA) is 54.5 Å². The molecule has 6 heteroatoms. The van der Waals surface area contributed by atoms with Gasteiger partial charge in [0.15, 0.2) is 5.82 Å².